The summed E-state index contributed by atoms with van der Waals surface area (Å²) in [4.78, 5) is 0. The van der Waals surface area contributed by atoms with Crippen LogP contribution in [0.3, 0.4) is 0 Å². The standard InChI is InChI=1S/C15H20N2O2/c1-11-4-7-15(19-3)13(8-11)14(18)6-5-12-9-16-17(2)10-12/h4,7-10,14,18H,5-6H2,1-3H3. The molecule has 2 rings (SSSR count). The van der Waals surface area contributed by atoms with Gasteiger partial charge < -0.3 is 9.84 Å². The Morgan fingerprint density at radius 2 is 2.21 bits per heavy atom. The average molecular weight is 260 g/mol. The summed E-state index contributed by atoms with van der Waals surface area (Å²) < 4.78 is 7.07. The second-order valence-corrected chi connectivity index (χ2v) is 4.82. The van der Waals surface area contributed by atoms with Crippen LogP contribution in [0.15, 0.2) is 30.6 Å². The van der Waals surface area contributed by atoms with E-state index in [4.69, 9.17) is 4.74 Å². The first-order valence-electron chi connectivity index (χ1n) is 6.40. The molecule has 1 atom stereocenters. The SMILES string of the molecule is COc1ccc(C)cc1C(O)CCc1cnn(C)c1. The third kappa shape index (κ3) is 3.35. The van der Waals surface area contributed by atoms with Crippen LogP contribution in [0.25, 0.3) is 0 Å². The van der Waals surface area contributed by atoms with E-state index in [1.807, 2.05) is 44.6 Å². The van der Waals surface area contributed by atoms with Crippen molar-refractivity contribution in [1.82, 2.24) is 9.78 Å². The predicted octanol–water partition coefficient (Wildman–Crippen LogP) is 2.40. The summed E-state index contributed by atoms with van der Waals surface area (Å²) in [6.07, 6.45) is 4.74. The van der Waals surface area contributed by atoms with Crippen LogP contribution in [0.1, 0.15) is 29.2 Å². The lowest BCUT2D eigenvalue weighted by Gasteiger charge is -2.15. The lowest BCUT2D eigenvalue weighted by atomic mass is 10.0. The second kappa shape index (κ2) is 5.89. The van der Waals surface area contributed by atoms with Gasteiger partial charge in [0.05, 0.1) is 19.4 Å². The van der Waals surface area contributed by atoms with Crippen LogP contribution in [0.4, 0.5) is 0 Å². The van der Waals surface area contributed by atoms with E-state index >= 15 is 0 Å². The minimum atomic E-state index is -0.518. The molecule has 0 fully saturated rings. The summed E-state index contributed by atoms with van der Waals surface area (Å²) in [7, 11) is 3.52. The molecule has 0 aliphatic heterocycles. The Labute approximate surface area is 113 Å². The summed E-state index contributed by atoms with van der Waals surface area (Å²) in [5.41, 5.74) is 3.11. The largest absolute Gasteiger partial charge is 0.496 e. The number of nitrogens with zero attached hydrogens (tertiary/aromatic N) is 2. The summed E-state index contributed by atoms with van der Waals surface area (Å²) in [6.45, 7) is 2.01. The Morgan fingerprint density at radius 3 is 2.84 bits per heavy atom. The molecule has 1 aromatic heterocycles. The Bertz CT molecular complexity index is 549. The molecule has 102 valence electrons. The quantitative estimate of drug-likeness (QED) is 0.898. The average Bonchev–Trinajstić information content (AvgIpc) is 2.81. The molecule has 1 heterocycles. The van der Waals surface area contributed by atoms with Crippen molar-refractivity contribution in [3.05, 3.63) is 47.3 Å². The van der Waals surface area contributed by atoms with Gasteiger partial charge in [0.25, 0.3) is 0 Å². The maximum atomic E-state index is 10.3. The third-order valence-corrected chi connectivity index (χ3v) is 3.21. The van der Waals surface area contributed by atoms with Crippen molar-refractivity contribution in [1.29, 1.82) is 0 Å². The Kier molecular flexibility index (Phi) is 4.22. The highest BCUT2D eigenvalue weighted by Gasteiger charge is 2.13. The number of benzene rings is 1. The van der Waals surface area contributed by atoms with Gasteiger partial charge in [0.1, 0.15) is 5.75 Å². The van der Waals surface area contributed by atoms with Crippen LogP contribution in [-0.4, -0.2) is 22.0 Å². The monoisotopic (exact) mass is 260 g/mol. The molecular formula is C15H20N2O2. The first kappa shape index (κ1) is 13.6. The molecule has 0 amide bonds. The van der Waals surface area contributed by atoms with Gasteiger partial charge in [-0.25, -0.2) is 0 Å². The lowest BCUT2D eigenvalue weighted by Crippen LogP contribution is -2.02. The molecule has 0 saturated carbocycles. The Hall–Kier alpha value is -1.81. The molecule has 0 saturated heterocycles. The van der Waals surface area contributed by atoms with Crippen molar-refractivity contribution in [3.63, 3.8) is 0 Å². The molecule has 4 heteroatoms. The van der Waals surface area contributed by atoms with Gasteiger partial charge in [0, 0.05) is 18.8 Å². The smallest absolute Gasteiger partial charge is 0.124 e. The summed E-state index contributed by atoms with van der Waals surface area (Å²) in [6, 6.07) is 5.86. The van der Waals surface area contributed by atoms with Crippen molar-refractivity contribution in [3.8, 4) is 5.75 Å². The predicted molar refractivity (Wildman–Crippen MR) is 74.2 cm³/mol. The fourth-order valence-electron chi connectivity index (χ4n) is 2.17. The van der Waals surface area contributed by atoms with E-state index in [-0.39, 0.29) is 0 Å². The van der Waals surface area contributed by atoms with Gasteiger partial charge >= 0.3 is 0 Å². The van der Waals surface area contributed by atoms with Crippen molar-refractivity contribution < 1.29 is 9.84 Å². The van der Waals surface area contributed by atoms with Crippen LogP contribution in [0, 0.1) is 6.92 Å². The minimum Gasteiger partial charge on any atom is -0.496 e. The molecule has 0 bridgehead atoms. The van der Waals surface area contributed by atoms with Crippen molar-refractivity contribution in [2.24, 2.45) is 7.05 Å². The molecular weight excluding hydrogens is 240 g/mol. The summed E-state index contributed by atoms with van der Waals surface area (Å²) >= 11 is 0. The van der Waals surface area contributed by atoms with Gasteiger partial charge in [-0.1, -0.05) is 11.6 Å². The van der Waals surface area contributed by atoms with Gasteiger partial charge in [-0.05, 0) is 37.5 Å². The highest BCUT2D eigenvalue weighted by atomic mass is 16.5. The maximum Gasteiger partial charge on any atom is 0.124 e. The molecule has 1 aromatic carbocycles. The van der Waals surface area contributed by atoms with E-state index in [9.17, 15) is 5.11 Å². The van der Waals surface area contributed by atoms with E-state index in [0.717, 1.165) is 28.9 Å². The Morgan fingerprint density at radius 1 is 1.42 bits per heavy atom. The number of rotatable bonds is 5. The molecule has 2 aromatic rings. The molecule has 1 unspecified atom stereocenters. The van der Waals surface area contributed by atoms with E-state index < -0.39 is 6.10 Å². The number of aliphatic hydroxyl groups excluding tert-OH is 1. The molecule has 0 spiro atoms. The van der Waals surface area contributed by atoms with E-state index in [0.29, 0.717) is 6.42 Å². The lowest BCUT2D eigenvalue weighted by molar-refractivity contribution is 0.163. The first-order chi connectivity index (χ1) is 9.10. The van der Waals surface area contributed by atoms with Gasteiger partial charge in [0.2, 0.25) is 0 Å². The van der Waals surface area contributed by atoms with Crippen LogP contribution < -0.4 is 4.74 Å². The van der Waals surface area contributed by atoms with Gasteiger partial charge in [-0.15, -0.1) is 0 Å². The number of aliphatic hydroxyl groups is 1. The normalized spacial score (nSPS) is 12.4. The number of aromatic nitrogens is 2. The highest BCUT2D eigenvalue weighted by Crippen LogP contribution is 2.29. The number of hydrogen-bond donors (Lipinski definition) is 1. The third-order valence-electron chi connectivity index (χ3n) is 3.21. The molecule has 0 aliphatic rings. The zero-order valence-corrected chi connectivity index (χ0v) is 11.6. The Balaban J connectivity index is 2.06. The zero-order chi connectivity index (χ0) is 13.8. The fourth-order valence-corrected chi connectivity index (χ4v) is 2.17. The molecule has 4 nitrogen and oxygen atoms in total. The van der Waals surface area contributed by atoms with Crippen molar-refractivity contribution >= 4 is 0 Å². The van der Waals surface area contributed by atoms with Crippen LogP contribution in [0.5, 0.6) is 5.75 Å². The van der Waals surface area contributed by atoms with E-state index in [1.54, 1.807) is 11.8 Å². The number of methoxy groups -OCH3 is 1. The number of ether oxygens (including phenoxy) is 1. The molecule has 19 heavy (non-hydrogen) atoms. The van der Waals surface area contributed by atoms with Gasteiger partial charge in [0.15, 0.2) is 0 Å². The number of hydrogen-bond acceptors (Lipinski definition) is 3. The summed E-state index contributed by atoms with van der Waals surface area (Å²) in [5, 5.41) is 14.4. The van der Waals surface area contributed by atoms with Crippen molar-refractivity contribution in [2.75, 3.05) is 7.11 Å². The fraction of sp³-hybridized carbons (Fsp3) is 0.400. The van der Waals surface area contributed by atoms with Gasteiger partial charge in [-0.3, -0.25) is 4.68 Å². The second-order valence-electron chi connectivity index (χ2n) is 4.82. The zero-order valence-electron chi connectivity index (χ0n) is 11.6. The number of aryl methyl sites for hydroxylation is 3. The van der Waals surface area contributed by atoms with Crippen LogP contribution >= 0.6 is 0 Å². The highest BCUT2D eigenvalue weighted by molar-refractivity contribution is 5.38. The van der Waals surface area contributed by atoms with E-state index in [1.165, 1.54) is 0 Å². The first-order valence-corrected chi connectivity index (χ1v) is 6.40. The molecule has 1 N–H and O–H groups in total. The molecule has 0 radical (unpaired) electrons. The van der Waals surface area contributed by atoms with Crippen LogP contribution in [0.2, 0.25) is 0 Å². The maximum absolute atomic E-state index is 10.3. The minimum absolute atomic E-state index is 0.518. The molecule has 0 aliphatic carbocycles. The topological polar surface area (TPSA) is 47.3 Å². The van der Waals surface area contributed by atoms with Crippen LogP contribution in [-0.2, 0) is 13.5 Å². The van der Waals surface area contributed by atoms with Crippen molar-refractivity contribution in [2.45, 2.75) is 25.9 Å². The van der Waals surface area contributed by atoms with Gasteiger partial charge in [-0.2, -0.15) is 5.10 Å². The summed E-state index contributed by atoms with van der Waals surface area (Å²) in [5.74, 6) is 0.740. The van der Waals surface area contributed by atoms with E-state index in [2.05, 4.69) is 5.10 Å².